The molecule has 3 aliphatic heterocycles. The third kappa shape index (κ3) is 2.61. The van der Waals surface area contributed by atoms with Gasteiger partial charge in [-0.3, -0.25) is 4.79 Å². The Hall–Kier alpha value is -1.52. The number of piperidine rings is 1. The van der Waals surface area contributed by atoms with E-state index in [-0.39, 0.29) is 11.9 Å². The number of hydrogen-bond acceptors (Lipinski definition) is 3. The molecule has 1 aromatic carbocycles. The van der Waals surface area contributed by atoms with Gasteiger partial charge in [-0.2, -0.15) is 0 Å². The summed E-state index contributed by atoms with van der Waals surface area (Å²) in [6.45, 7) is 3.32. The maximum absolute atomic E-state index is 12.5. The Bertz CT molecular complexity index is 690. The molecule has 0 saturated carbocycles. The smallest absolute Gasteiger partial charge is 0.251 e. The fourth-order valence-electron chi connectivity index (χ4n) is 3.70. The average Bonchev–Trinajstić information content (AvgIpc) is 2.70. The van der Waals surface area contributed by atoms with Crippen LogP contribution in [0.5, 0.6) is 0 Å². The van der Waals surface area contributed by atoms with Gasteiger partial charge < -0.3 is 14.6 Å². The first-order valence-corrected chi connectivity index (χ1v) is 8.27. The molecular weight excluding hydrogens is 300 g/mol. The molecule has 2 aromatic rings. The number of amides is 1. The molecule has 3 saturated heterocycles. The van der Waals surface area contributed by atoms with Crippen molar-refractivity contribution in [3.05, 3.63) is 35.0 Å². The lowest BCUT2D eigenvalue weighted by molar-refractivity contribution is 0.0929. The number of carbonyl (C=O) groups is 1. The van der Waals surface area contributed by atoms with Crippen LogP contribution in [-0.4, -0.2) is 36.5 Å². The van der Waals surface area contributed by atoms with Crippen molar-refractivity contribution in [2.75, 3.05) is 19.6 Å². The second kappa shape index (κ2) is 5.60. The predicted molar refractivity (Wildman–Crippen MR) is 86.3 cm³/mol. The van der Waals surface area contributed by atoms with Crippen LogP contribution in [0.4, 0.5) is 0 Å². The van der Waals surface area contributed by atoms with E-state index in [2.05, 4.69) is 10.2 Å². The minimum atomic E-state index is -0.0260. The minimum Gasteiger partial charge on any atom is -0.463 e. The molecule has 1 amide bonds. The monoisotopic (exact) mass is 318 g/mol. The number of carbonyl (C=O) groups excluding carboxylic acids is 1. The molecule has 5 heteroatoms. The molecule has 22 heavy (non-hydrogen) atoms. The molecule has 4 heterocycles. The van der Waals surface area contributed by atoms with Crippen molar-refractivity contribution in [3.63, 3.8) is 0 Å². The number of halogens is 1. The van der Waals surface area contributed by atoms with Gasteiger partial charge in [0.15, 0.2) is 0 Å². The van der Waals surface area contributed by atoms with Crippen LogP contribution in [0.3, 0.4) is 0 Å². The summed E-state index contributed by atoms with van der Waals surface area (Å²) in [4.78, 5) is 15.0. The highest BCUT2D eigenvalue weighted by atomic mass is 35.5. The van der Waals surface area contributed by atoms with Gasteiger partial charge in [0, 0.05) is 23.5 Å². The fraction of sp³-hybridized carbons (Fsp3) is 0.471. The van der Waals surface area contributed by atoms with Gasteiger partial charge in [-0.05, 0) is 56.5 Å². The Morgan fingerprint density at radius 1 is 1.32 bits per heavy atom. The van der Waals surface area contributed by atoms with Crippen molar-refractivity contribution in [1.29, 1.82) is 0 Å². The third-order valence-electron chi connectivity index (χ3n) is 4.93. The van der Waals surface area contributed by atoms with Crippen molar-refractivity contribution in [3.8, 4) is 0 Å². The Kier molecular flexibility index (Phi) is 3.59. The Labute approximate surface area is 134 Å². The maximum atomic E-state index is 12.5. The van der Waals surface area contributed by atoms with Crippen LogP contribution in [0, 0.1) is 5.92 Å². The minimum absolute atomic E-state index is 0.0260. The molecule has 3 fully saturated rings. The molecule has 2 bridgehead atoms. The highest BCUT2D eigenvalue weighted by Crippen LogP contribution is 2.28. The summed E-state index contributed by atoms with van der Waals surface area (Å²) in [5.41, 5.74) is 1.28. The van der Waals surface area contributed by atoms with Gasteiger partial charge >= 0.3 is 0 Å². The van der Waals surface area contributed by atoms with Crippen LogP contribution in [0.2, 0.25) is 5.02 Å². The molecule has 0 aliphatic carbocycles. The lowest BCUT2D eigenvalue weighted by Crippen LogP contribution is -2.41. The van der Waals surface area contributed by atoms with Crippen LogP contribution in [0.1, 0.15) is 29.6 Å². The van der Waals surface area contributed by atoms with E-state index in [4.69, 9.17) is 16.0 Å². The van der Waals surface area contributed by atoms with Crippen LogP contribution in [0.25, 0.3) is 11.0 Å². The molecular formula is C17H19ClN2O2. The van der Waals surface area contributed by atoms with Crippen LogP contribution in [-0.2, 0) is 0 Å². The lowest BCUT2D eigenvalue weighted by atomic mass is 9.94. The lowest BCUT2D eigenvalue weighted by Gasteiger charge is -2.26. The SMILES string of the molecule is O=C(N[C@@H]1CC2CCN(CC2)C1)c1ccc2c(Cl)coc2c1. The zero-order chi connectivity index (χ0) is 15.1. The van der Waals surface area contributed by atoms with Gasteiger partial charge in [0.1, 0.15) is 11.8 Å². The molecule has 4 nitrogen and oxygen atoms in total. The fourth-order valence-corrected chi connectivity index (χ4v) is 3.90. The second-order valence-corrected chi connectivity index (χ2v) is 6.85. The summed E-state index contributed by atoms with van der Waals surface area (Å²) in [6, 6.07) is 5.67. The van der Waals surface area contributed by atoms with Crippen LogP contribution >= 0.6 is 11.6 Å². The summed E-state index contributed by atoms with van der Waals surface area (Å²) in [5, 5.41) is 4.62. The highest BCUT2D eigenvalue weighted by molar-refractivity contribution is 6.35. The zero-order valence-corrected chi connectivity index (χ0v) is 13.1. The summed E-state index contributed by atoms with van der Waals surface area (Å²) in [7, 11) is 0. The zero-order valence-electron chi connectivity index (χ0n) is 12.3. The Morgan fingerprint density at radius 2 is 2.14 bits per heavy atom. The van der Waals surface area contributed by atoms with Crippen LogP contribution in [0.15, 0.2) is 28.9 Å². The van der Waals surface area contributed by atoms with E-state index in [1.54, 1.807) is 6.07 Å². The van der Waals surface area contributed by atoms with E-state index < -0.39 is 0 Å². The summed E-state index contributed by atoms with van der Waals surface area (Å²) in [5.74, 6) is 0.734. The van der Waals surface area contributed by atoms with Crippen molar-refractivity contribution < 1.29 is 9.21 Å². The van der Waals surface area contributed by atoms with E-state index >= 15 is 0 Å². The Morgan fingerprint density at radius 3 is 2.95 bits per heavy atom. The van der Waals surface area contributed by atoms with E-state index in [0.29, 0.717) is 16.2 Å². The number of fused-ring (bicyclic) bond motifs is 5. The topological polar surface area (TPSA) is 45.5 Å². The van der Waals surface area contributed by atoms with Crippen molar-refractivity contribution in [2.24, 2.45) is 5.92 Å². The first-order valence-electron chi connectivity index (χ1n) is 7.89. The molecule has 0 spiro atoms. The third-order valence-corrected chi connectivity index (χ3v) is 5.22. The van der Waals surface area contributed by atoms with Gasteiger partial charge in [-0.1, -0.05) is 11.6 Å². The molecule has 1 atom stereocenters. The molecule has 0 unspecified atom stereocenters. The predicted octanol–water partition coefficient (Wildman–Crippen LogP) is 3.30. The normalized spacial score (nSPS) is 27.8. The molecule has 5 rings (SSSR count). The van der Waals surface area contributed by atoms with Gasteiger partial charge in [0.2, 0.25) is 0 Å². The highest BCUT2D eigenvalue weighted by Gasteiger charge is 2.29. The van der Waals surface area contributed by atoms with Crippen LogP contribution < -0.4 is 5.32 Å². The van der Waals surface area contributed by atoms with Gasteiger partial charge in [0.25, 0.3) is 5.91 Å². The maximum Gasteiger partial charge on any atom is 0.251 e. The molecule has 0 radical (unpaired) electrons. The first-order chi connectivity index (χ1) is 10.7. The first kappa shape index (κ1) is 14.1. The molecule has 1 aromatic heterocycles. The quantitative estimate of drug-likeness (QED) is 0.924. The second-order valence-electron chi connectivity index (χ2n) is 6.44. The number of furan rings is 1. The number of nitrogens with zero attached hydrogens (tertiary/aromatic N) is 1. The number of hydrogen-bond donors (Lipinski definition) is 1. The van der Waals surface area contributed by atoms with Gasteiger partial charge in [-0.15, -0.1) is 0 Å². The van der Waals surface area contributed by atoms with Crippen molar-refractivity contribution in [2.45, 2.75) is 25.3 Å². The molecule has 1 N–H and O–H groups in total. The Balaban J connectivity index is 1.50. The van der Waals surface area contributed by atoms with E-state index in [1.807, 2.05) is 12.1 Å². The average molecular weight is 319 g/mol. The van der Waals surface area contributed by atoms with Gasteiger partial charge in [0.05, 0.1) is 5.02 Å². The summed E-state index contributed by atoms with van der Waals surface area (Å²) >= 11 is 6.02. The van der Waals surface area contributed by atoms with Gasteiger partial charge in [-0.25, -0.2) is 0 Å². The summed E-state index contributed by atoms with van der Waals surface area (Å²) in [6.07, 6.45) is 5.13. The largest absolute Gasteiger partial charge is 0.463 e. The van der Waals surface area contributed by atoms with E-state index in [1.165, 1.54) is 32.2 Å². The van der Waals surface area contributed by atoms with E-state index in [9.17, 15) is 4.79 Å². The standard InChI is InChI=1S/C17H19ClN2O2/c18-15-10-22-16-8-12(1-2-14(15)16)17(21)19-13-7-11-3-5-20(9-13)6-4-11/h1-2,8,10-11,13H,3-7,9H2,(H,19,21)/t13-/m1/s1. The number of nitrogens with one attached hydrogen (secondary N) is 1. The number of rotatable bonds is 2. The number of benzene rings is 1. The molecule has 3 aliphatic rings. The molecule has 116 valence electrons. The van der Waals surface area contributed by atoms with Crippen molar-refractivity contribution >= 4 is 28.5 Å². The summed E-state index contributed by atoms with van der Waals surface area (Å²) < 4.78 is 5.37. The van der Waals surface area contributed by atoms with E-state index in [0.717, 1.165) is 24.3 Å². The van der Waals surface area contributed by atoms with Crippen molar-refractivity contribution in [1.82, 2.24) is 10.2 Å².